The van der Waals surface area contributed by atoms with Crippen LogP contribution in [0.25, 0.3) is 10.2 Å². The topological polar surface area (TPSA) is 54.9 Å². The number of hydrogen-bond donors (Lipinski definition) is 0. The molecule has 1 aliphatic heterocycles. The molecular formula is C20H20ClN3O3S. The largest absolute Gasteiger partial charge is 0.497 e. The van der Waals surface area contributed by atoms with Crippen LogP contribution >= 0.6 is 22.9 Å². The Balaban J connectivity index is 1.49. The first-order chi connectivity index (χ1) is 13.6. The summed E-state index contributed by atoms with van der Waals surface area (Å²) >= 11 is 7.87. The fraction of sp³-hybridized carbons (Fsp3) is 0.300. The predicted octanol–water partition coefficient (Wildman–Crippen LogP) is 3.93. The average molecular weight is 418 g/mol. The monoisotopic (exact) mass is 417 g/mol. The number of hydrogen-bond acceptors (Lipinski definition) is 6. The molecule has 3 aromatic rings. The highest BCUT2D eigenvalue weighted by atomic mass is 35.5. The van der Waals surface area contributed by atoms with Gasteiger partial charge in [-0.3, -0.25) is 4.79 Å². The van der Waals surface area contributed by atoms with Gasteiger partial charge in [-0.1, -0.05) is 29.0 Å². The number of carbonyl (C=O) groups is 1. The van der Waals surface area contributed by atoms with Crippen LogP contribution < -0.4 is 14.4 Å². The summed E-state index contributed by atoms with van der Waals surface area (Å²) in [6.45, 7) is 2.66. The zero-order valence-corrected chi connectivity index (χ0v) is 17.2. The first-order valence-electron chi connectivity index (χ1n) is 8.92. The second-order valence-corrected chi connectivity index (χ2v) is 7.84. The highest BCUT2D eigenvalue weighted by Gasteiger charge is 2.26. The number of fused-ring (bicyclic) bond motifs is 1. The van der Waals surface area contributed by atoms with Gasteiger partial charge in [0.05, 0.1) is 29.5 Å². The molecule has 0 N–H and O–H groups in total. The van der Waals surface area contributed by atoms with Crippen LogP contribution in [0, 0.1) is 0 Å². The zero-order chi connectivity index (χ0) is 19.7. The second-order valence-electron chi connectivity index (χ2n) is 6.43. The lowest BCUT2D eigenvalue weighted by molar-refractivity contribution is 0.0743. The average Bonchev–Trinajstić information content (AvgIpc) is 3.18. The molecule has 1 saturated heterocycles. The molecule has 4 rings (SSSR count). The summed E-state index contributed by atoms with van der Waals surface area (Å²) in [5, 5.41) is 1.60. The molecule has 0 saturated carbocycles. The van der Waals surface area contributed by atoms with Gasteiger partial charge in [0, 0.05) is 26.2 Å². The van der Waals surface area contributed by atoms with Gasteiger partial charge in [0.1, 0.15) is 17.0 Å². The number of thiazole rings is 1. The van der Waals surface area contributed by atoms with Crippen molar-refractivity contribution in [3.8, 4) is 11.5 Å². The van der Waals surface area contributed by atoms with Gasteiger partial charge in [-0.2, -0.15) is 0 Å². The number of ether oxygens (including phenoxy) is 2. The molecule has 2 heterocycles. The number of methoxy groups -OCH3 is 2. The maximum atomic E-state index is 13.0. The molecule has 0 bridgehead atoms. The summed E-state index contributed by atoms with van der Waals surface area (Å²) in [6.07, 6.45) is 0. The quantitative estimate of drug-likeness (QED) is 0.643. The van der Waals surface area contributed by atoms with Crippen LogP contribution in [-0.4, -0.2) is 56.2 Å². The Morgan fingerprint density at radius 3 is 2.57 bits per heavy atom. The Kier molecular flexibility index (Phi) is 5.28. The number of piperazine rings is 1. The van der Waals surface area contributed by atoms with E-state index in [-0.39, 0.29) is 5.91 Å². The Hall–Kier alpha value is -2.51. The molecule has 1 fully saturated rings. The van der Waals surface area contributed by atoms with E-state index >= 15 is 0 Å². The van der Waals surface area contributed by atoms with E-state index in [2.05, 4.69) is 9.88 Å². The van der Waals surface area contributed by atoms with Crippen LogP contribution in [0.15, 0.2) is 36.4 Å². The van der Waals surface area contributed by atoms with E-state index in [0.29, 0.717) is 35.2 Å². The summed E-state index contributed by atoms with van der Waals surface area (Å²) in [5.41, 5.74) is 1.35. The van der Waals surface area contributed by atoms with Crippen molar-refractivity contribution >= 4 is 44.2 Å². The molecule has 6 nitrogen and oxygen atoms in total. The Morgan fingerprint density at radius 2 is 1.89 bits per heavy atom. The van der Waals surface area contributed by atoms with Gasteiger partial charge in [0.15, 0.2) is 5.13 Å². The lowest BCUT2D eigenvalue weighted by atomic mass is 10.1. The van der Waals surface area contributed by atoms with Crippen molar-refractivity contribution < 1.29 is 14.3 Å². The van der Waals surface area contributed by atoms with E-state index < -0.39 is 0 Å². The van der Waals surface area contributed by atoms with E-state index in [1.54, 1.807) is 43.8 Å². The Labute approximate surface area is 172 Å². The van der Waals surface area contributed by atoms with E-state index in [1.807, 2.05) is 23.1 Å². The van der Waals surface area contributed by atoms with Gasteiger partial charge in [-0.05, 0) is 30.3 Å². The molecule has 1 aliphatic rings. The number of nitrogens with zero attached hydrogens (tertiary/aromatic N) is 3. The molecule has 28 heavy (non-hydrogen) atoms. The Morgan fingerprint density at radius 1 is 1.11 bits per heavy atom. The number of carbonyl (C=O) groups excluding carboxylic acids is 1. The molecule has 0 radical (unpaired) electrons. The van der Waals surface area contributed by atoms with Crippen molar-refractivity contribution in [1.82, 2.24) is 9.88 Å². The van der Waals surface area contributed by atoms with Gasteiger partial charge in [-0.25, -0.2) is 4.98 Å². The van der Waals surface area contributed by atoms with Crippen LogP contribution in [-0.2, 0) is 0 Å². The maximum absolute atomic E-state index is 13.0. The van der Waals surface area contributed by atoms with Crippen molar-refractivity contribution in [2.45, 2.75) is 0 Å². The summed E-state index contributed by atoms with van der Waals surface area (Å²) in [6, 6.07) is 11.1. The maximum Gasteiger partial charge on any atom is 0.257 e. The third-order valence-electron chi connectivity index (χ3n) is 4.83. The third kappa shape index (κ3) is 3.47. The first kappa shape index (κ1) is 18.8. The molecule has 0 aliphatic carbocycles. The normalized spacial score (nSPS) is 14.4. The molecular weight excluding hydrogens is 398 g/mol. The van der Waals surface area contributed by atoms with Crippen LogP contribution in [0.3, 0.4) is 0 Å². The summed E-state index contributed by atoms with van der Waals surface area (Å²) in [5.74, 6) is 1.13. The number of rotatable bonds is 4. The predicted molar refractivity (Wildman–Crippen MR) is 112 cm³/mol. The Bertz CT molecular complexity index is 1020. The van der Waals surface area contributed by atoms with Crippen molar-refractivity contribution in [3.63, 3.8) is 0 Å². The summed E-state index contributed by atoms with van der Waals surface area (Å²) in [4.78, 5) is 21.7. The van der Waals surface area contributed by atoms with Crippen LogP contribution in [0.4, 0.5) is 5.13 Å². The van der Waals surface area contributed by atoms with E-state index in [4.69, 9.17) is 21.1 Å². The van der Waals surface area contributed by atoms with Crippen LogP contribution in [0.2, 0.25) is 5.02 Å². The minimum absolute atomic E-state index is 0.0530. The molecule has 0 unspecified atom stereocenters. The smallest absolute Gasteiger partial charge is 0.257 e. The zero-order valence-electron chi connectivity index (χ0n) is 15.6. The number of amides is 1. The van der Waals surface area contributed by atoms with Crippen molar-refractivity contribution in [2.75, 3.05) is 45.3 Å². The number of halogens is 1. The highest BCUT2D eigenvalue weighted by molar-refractivity contribution is 7.22. The van der Waals surface area contributed by atoms with Crippen molar-refractivity contribution in [1.29, 1.82) is 0 Å². The lowest BCUT2D eigenvalue weighted by Gasteiger charge is -2.34. The fourth-order valence-corrected chi connectivity index (χ4v) is 4.61. The van der Waals surface area contributed by atoms with Gasteiger partial charge in [-0.15, -0.1) is 0 Å². The molecule has 8 heteroatoms. The fourth-order valence-electron chi connectivity index (χ4n) is 3.29. The number of para-hydroxylation sites is 1. The molecule has 0 atom stereocenters. The third-order valence-corrected chi connectivity index (χ3v) is 6.22. The van der Waals surface area contributed by atoms with Crippen LogP contribution in [0.1, 0.15) is 10.4 Å². The SMILES string of the molecule is COc1ccc(OC)c(C(=O)N2CCN(c3nc4c(Cl)cccc4s3)CC2)c1. The summed E-state index contributed by atoms with van der Waals surface area (Å²) < 4.78 is 11.7. The minimum atomic E-state index is -0.0530. The van der Waals surface area contributed by atoms with Gasteiger partial charge in [0.25, 0.3) is 5.91 Å². The molecule has 1 amide bonds. The second kappa shape index (κ2) is 7.85. The van der Waals surface area contributed by atoms with E-state index in [1.165, 1.54) is 0 Å². The van der Waals surface area contributed by atoms with E-state index in [0.717, 1.165) is 28.4 Å². The highest BCUT2D eigenvalue weighted by Crippen LogP contribution is 2.33. The van der Waals surface area contributed by atoms with Gasteiger partial charge in [0.2, 0.25) is 0 Å². The van der Waals surface area contributed by atoms with Crippen molar-refractivity contribution in [2.24, 2.45) is 0 Å². The molecule has 0 spiro atoms. The number of benzene rings is 2. The van der Waals surface area contributed by atoms with Gasteiger partial charge >= 0.3 is 0 Å². The molecule has 2 aromatic carbocycles. The van der Waals surface area contributed by atoms with Crippen LogP contribution in [0.5, 0.6) is 11.5 Å². The molecule has 146 valence electrons. The lowest BCUT2D eigenvalue weighted by Crippen LogP contribution is -2.48. The number of aromatic nitrogens is 1. The standard InChI is InChI=1S/C20H20ClN3O3S/c1-26-13-6-7-16(27-2)14(12-13)19(25)23-8-10-24(11-9-23)20-22-18-15(21)4-3-5-17(18)28-20/h3-7,12H,8-11H2,1-2H3. The van der Waals surface area contributed by atoms with Gasteiger partial charge < -0.3 is 19.3 Å². The van der Waals surface area contributed by atoms with Crippen molar-refractivity contribution in [3.05, 3.63) is 47.0 Å². The number of anilines is 1. The van der Waals surface area contributed by atoms with E-state index in [9.17, 15) is 4.79 Å². The molecule has 1 aromatic heterocycles. The summed E-state index contributed by atoms with van der Waals surface area (Å²) in [7, 11) is 3.15. The minimum Gasteiger partial charge on any atom is -0.497 e. The first-order valence-corrected chi connectivity index (χ1v) is 10.1.